The zero-order valence-corrected chi connectivity index (χ0v) is 13.6. The molecular weight excluding hydrogens is 314 g/mol. The fourth-order valence-electron chi connectivity index (χ4n) is 2.21. The summed E-state index contributed by atoms with van der Waals surface area (Å²) in [6, 6.07) is 11.3. The van der Waals surface area contributed by atoms with Gasteiger partial charge in [-0.05, 0) is 23.8 Å². The summed E-state index contributed by atoms with van der Waals surface area (Å²) >= 11 is 6.01. The lowest BCUT2D eigenvalue weighted by atomic mass is 10.1. The van der Waals surface area contributed by atoms with Gasteiger partial charge in [-0.2, -0.15) is 5.10 Å². The van der Waals surface area contributed by atoms with Crippen molar-refractivity contribution in [3.63, 3.8) is 0 Å². The van der Waals surface area contributed by atoms with E-state index in [0.717, 1.165) is 22.6 Å². The predicted octanol–water partition coefficient (Wildman–Crippen LogP) is 3.72. The lowest BCUT2D eigenvalue weighted by Gasteiger charge is -2.11. The molecule has 0 aliphatic heterocycles. The molecule has 0 radical (unpaired) electrons. The molecule has 3 rings (SSSR count). The Labute approximate surface area is 139 Å². The number of aromatic nitrogens is 3. The van der Waals surface area contributed by atoms with Crippen LogP contribution in [0.15, 0.2) is 48.8 Å². The molecule has 118 valence electrons. The van der Waals surface area contributed by atoms with Crippen LogP contribution in [0.5, 0.6) is 11.5 Å². The van der Waals surface area contributed by atoms with Crippen LogP contribution in [0.3, 0.4) is 0 Å². The second-order valence-electron chi connectivity index (χ2n) is 5.00. The Morgan fingerprint density at radius 3 is 2.61 bits per heavy atom. The van der Waals surface area contributed by atoms with Gasteiger partial charge in [0.1, 0.15) is 23.3 Å². The van der Waals surface area contributed by atoms with Crippen LogP contribution in [0.2, 0.25) is 5.15 Å². The van der Waals surface area contributed by atoms with E-state index in [-0.39, 0.29) is 0 Å². The Bertz CT molecular complexity index is 800. The van der Waals surface area contributed by atoms with Crippen LogP contribution in [-0.4, -0.2) is 21.9 Å². The van der Waals surface area contributed by atoms with Crippen molar-refractivity contribution < 1.29 is 9.47 Å². The molecular formula is C17H16ClN3O2. The highest BCUT2D eigenvalue weighted by atomic mass is 35.5. The molecule has 3 aromatic rings. The Kier molecular flexibility index (Phi) is 4.48. The summed E-state index contributed by atoms with van der Waals surface area (Å²) in [5.41, 5.74) is 2.69. The van der Waals surface area contributed by atoms with E-state index in [4.69, 9.17) is 21.1 Å². The van der Waals surface area contributed by atoms with E-state index in [1.807, 2.05) is 43.6 Å². The van der Waals surface area contributed by atoms with Gasteiger partial charge in [0.25, 0.3) is 0 Å². The molecule has 0 saturated heterocycles. The van der Waals surface area contributed by atoms with Gasteiger partial charge in [0.2, 0.25) is 0 Å². The van der Waals surface area contributed by atoms with Crippen molar-refractivity contribution in [3.8, 4) is 22.6 Å². The Balaban J connectivity index is 1.87. The van der Waals surface area contributed by atoms with Gasteiger partial charge in [-0.3, -0.25) is 4.68 Å². The fraction of sp³-hybridized carbons (Fsp3) is 0.176. The number of hydrogen-bond acceptors (Lipinski definition) is 4. The van der Waals surface area contributed by atoms with Crippen molar-refractivity contribution in [2.24, 2.45) is 7.05 Å². The fourth-order valence-corrected chi connectivity index (χ4v) is 2.36. The van der Waals surface area contributed by atoms with Gasteiger partial charge in [0, 0.05) is 31.1 Å². The van der Waals surface area contributed by atoms with Crippen LogP contribution in [-0.2, 0) is 13.7 Å². The molecule has 0 aliphatic carbocycles. The van der Waals surface area contributed by atoms with Crippen molar-refractivity contribution in [3.05, 3.63) is 59.6 Å². The number of benzene rings is 1. The smallest absolute Gasteiger partial charge is 0.132 e. The molecule has 0 N–H and O–H groups in total. The maximum atomic E-state index is 6.01. The lowest BCUT2D eigenvalue weighted by molar-refractivity contribution is 0.301. The van der Waals surface area contributed by atoms with E-state index < -0.39 is 0 Å². The van der Waals surface area contributed by atoms with E-state index >= 15 is 0 Å². The Morgan fingerprint density at radius 1 is 1.17 bits per heavy atom. The summed E-state index contributed by atoms with van der Waals surface area (Å²) in [5, 5.41) is 4.69. The van der Waals surface area contributed by atoms with Crippen LogP contribution in [0.25, 0.3) is 11.1 Å². The summed E-state index contributed by atoms with van der Waals surface area (Å²) in [6.45, 7) is 0.365. The maximum Gasteiger partial charge on any atom is 0.132 e. The Morgan fingerprint density at radius 2 is 1.96 bits per heavy atom. The molecule has 2 heterocycles. The molecule has 0 bridgehead atoms. The molecule has 0 saturated carbocycles. The third-order valence-electron chi connectivity index (χ3n) is 3.38. The topological polar surface area (TPSA) is 49.2 Å². The molecule has 6 heteroatoms. The lowest BCUT2D eigenvalue weighted by Crippen LogP contribution is -2.00. The van der Waals surface area contributed by atoms with Gasteiger partial charge in [-0.25, -0.2) is 4.98 Å². The third kappa shape index (κ3) is 3.63. The molecule has 0 unspecified atom stereocenters. The highest BCUT2D eigenvalue weighted by Crippen LogP contribution is 2.32. The summed E-state index contributed by atoms with van der Waals surface area (Å²) in [4.78, 5) is 4.15. The molecule has 0 fully saturated rings. The van der Waals surface area contributed by atoms with Gasteiger partial charge in [0.15, 0.2) is 0 Å². The molecule has 23 heavy (non-hydrogen) atoms. The first-order chi connectivity index (χ1) is 11.2. The minimum Gasteiger partial charge on any atom is -0.497 e. The van der Waals surface area contributed by atoms with Gasteiger partial charge >= 0.3 is 0 Å². The number of ether oxygens (including phenoxy) is 2. The van der Waals surface area contributed by atoms with Crippen molar-refractivity contribution >= 4 is 11.6 Å². The summed E-state index contributed by atoms with van der Waals surface area (Å²) in [7, 11) is 3.51. The highest BCUT2D eigenvalue weighted by molar-refractivity contribution is 6.29. The second kappa shape index (κ2) is 6.71. The number of methoxy groups -OCH3 is 1. The minimum absolute atomic E-state index is 0.365. The zero-order valence-electron chi connectivity index (χ0n) is 12.9. The molecule has 5 nitrogen and oxygen atoms in total. The van der Waals surface area contributed by atoms with Crippen molar-refractivity contribution in [2.45, 2.75) is 6.61 Å². The van der Waals surface area contributed by atoms with E-state index in [1.165, 1.54) is 0 Å². The van der Waals surface area contributed by atoms with Gasteiger partial charge in [-0.15, -0.1) is 0 Å². The molecule has 0 spiro atoms. The summed E-state index contributed by atoms with van der Waals surface area (Å²) in [6.07, 6.45) is 3.58. The maximum absolute atomic E-state index is 6.01. The van der Waals surface area contributed by atoms with E-state index in [1.54, 1.807) is 24.1 Å². The van der Waals surface area contributed by atoms with Crippen LogP contribution in [0, 0.1) is 0 Å². The van der Waals surface area contributed by atoms with E-state index in [9.17, 15) is 0 Å². The second-order valence-corrected chi connectivity index (χ2v) is 5.39. The third-order valence-corrected chi connectivity index (χ3v) is 3.58. The number of halogens is 1. The summed E-state index contributed by atoms with van der Waals surface area (Å²) < 4.78 is 12.8. The first-order valence-electron chi connectivity index (χ1n) is 7.07. The monoisotopic (exact) mass is 329 g/mol. The van der Waals surface area contributed by atoms with Gasteiger partial charge in [0.05, 0.1) is 12.8 Å². The normalized spacial score (nSPS) is 10.6. The number of nitrogens with zero attached hydrogens (tertiary/aromatic N) is 3. The van der Waals surface area contributed by atoms with Crippen LogP contribution in [0.1, 0.15) is 5.69 Å². The average Bonchev–Trinajstić information content (AvgIpc) is 2.99. The van der Waals surface area contributed by atoms with Crippen molar-refractivity contribution in [1.29, 1.82) is 0 Å². The number of pyridine rings is 1. The number of hydrogen-bond donors (Lipinski definition) is 0. The van der Waals surface area contributed by atoms with Crippen LogP contribution >= 0.6 is 11.6 Å². The van der Waals surface area contributed by atoms with Crippen LogP contribution in [0.4, 0.5) is 0 Å². The van der Waals surface area contributed by atoms with Crippen LogP contribution < -0.4 is 9.47 Å². The zero-order chi connectivity index (χ0) is 16.2. The molecule has 1 aromatic carbocycles. The first kappa shape index (κ1) is 15.4. The average molecular weight is 330 g/mol. The Hall–Kier alpha value is -2.53. The predicted molar refractivity (Wildman–Crippen MR) is 88.8 cm³/mol. The number of rotatable bonds is 5. The van der Waals surface area contributed by atoms with Gasteiger partial charge in [-0.1, -0.05) is 23.7 Å². The molecule has 2 aromatic heterocycles. The minimum atomic E-state index is 0.365. The molecule has 0 amide bonds. The summed E-state index contributed by atoms with van der Waals surface area (Å²) in [5.74, 6) is 1.47. The SMILES string of the molecule is COc1ccc(-c2cnc(Cl)cc2OCc2ccn(C)n2)cc1. The van der Waals surface area contributed by atoms with Crippen molar-refractivity contribution in [1.82, 2.24) is 14.8 Å². The van der Waals surface area contributed by atoms with E-state index in [2.05, 4.69) is 10.1 Å². The molecule has 0 aliphatic rings. The van der Waals surface area contributed by atoms with E-state index in [0.29, 0.717) is 17.5 Å². The first-order valence-corrected chi connectivity index (χ1v) is 7.45. The standard InChI is InChI=1S/C17H16ClN3O2/c1-21-8-7-13(20-21)11-23-16-9-17(18)19-10-15(16)12-3-5-14(22-2)6-4-12/h3-10H,11H2,1-2H3. The number of aryl methyl sites for hydroxylation is 1. The van der Waals surface area contributed by atoms with Crippen molar-refractivity contribution in [2.75, 3.05) is 7.11 Å². The quantitative estimate of drug-likeness (QED) is 0.669. The van der Waals surface area contributed by atoms with Gasteiger partial charge < -0.3 is 9.47 Å². The molecule has 0 atom stereocenters. The highest BCUT2D eigenvalue weighted by Gasteiger charge is 2.10. The largest absolute Gasteiger partial charge is 0.497 e.